The van der Waals surface area contributed by atoms with Crippen molar-refractivity contribution in [2.24, 2.45) is 13.0 Å². The van der Waals surface area contributed by atoms with Crippen molar-refractivity contribution in [3.05, 3.63) is 52.8 Å². The first-order valence-electron chi connectivity index (χ1n) is 9.95. The smallest absolute Gasteiger partial charge is 0.272 e. The molecule has 1 saturated heterocycles. The Morgan fingerprint density at radius 3 is 2.33 bits per heavy atom. The molecule has 27 heavy (non-hydrogen) atoms. The summed E-state index contributed by atoms with van der Waals surface area (Å²) < 4.78 is 1.70. The molecule has 0 N–H and O–H groups in total. The number of aromatic nitrogens is 2. The third kappa shape index (κ3) is 5.19. The SMILES string of the molecule is Cc1cc(C(=O)N2CCC(Cc3ccc(CCN(C)C)cc3)CC2)n(C)n1. The number of amides is 1. The molecule has 1 aliphatic heterocycles. The Balaban J connectivity index is 1.49. The molecule has 0 atom stereocenters. The second-order valence-corrected chi connectivity index (χ2v) is 8.10. The Morgan fingerprint density at radius 2 is 1.78 bits per heavy atom. The lowest BCUT2D eigenvalue weighted by Gasteiger charge is -2.32. The third-order valence-electron chi connectivity index (χ3n) is 5.52. The molecular weight excluding hydrogens is 336 g/mol. The van der Waals surface area contributed by atoms with Crippen molar-refractivity contribution in [3.8, 4) is 0 Å². The molecule has 5 nitrogen and oxygen atoms in total. The minimum atomic E-state index is 0.113. The minimum absolute atomic E-state index is 0.113. The van der Waals surface area contributed by atoms with E-state index in [4.69, 9.17) is 0 Å². The number of likely N-dealkylation sites (tertiary alicyclic amines) is 1. The molecule has 3 rings (SSSR count). The Kier molecular flexibility index (Phi) is 6.32. The van der Waals surface area contributed by atoms with E-state index in [1.807, 2.05) is 24.9 Å². The Hall–Kier alpha value is -2.14. The zero-order valence-corrected chi connectivity index (χ0v) is 17.1. The van der Waals surface area contributed by atoms with Crippen molar-refractivity contribution < 1.29 is 4.79 Å². The van der Waals surface area contributed by atoms with Crippen LogP contribution in [0.5, 0.6) is 0 Å². The van der Waals surface area contributed by atoms with Crippen molar-refractivity contribution in [2.75, 3.05) is 33.7 Å². The minimum Gasteiger partial charge on any atom is -0.337 e. The molecule has 1 aromatic heterocycles. The summed E-state index contributed by atoms with van der Waals surface area (Å²) >= 11 is 0. The summed E-state index contributed by atoms with van der Waals surface area (Å²) in [6, 6.07) is 11.0. The molecule has 1 aromatic carbocycles. The summed E-state index contributed by atoms with van der Waals surface area (Å²) in [4.78, 5) is 16.9. The average Bonchev–Trinajstić information content (AvgIpc) is 2.99. The van der Waals surface area contributed by atoms with E-state index in [0.29, 0.717) is 11.6 Å². The van der Waals surface area contributed by atoms with Crippen molar-refractivity contribution in [1.29, 1.82) is 0 Å². The van der Waals surface area contributed by atoms with Gasteiger partial charge < -0.3 is 9.80 Å². The van der Waals surface area contributed by atoms with Gasteiger partial charge in [0.15, 0.2) is 0 Å². The Morgan fingerprint density at radius 1 is 1.15 bits per heavy atom. The molecule has 1 amide bonds. The maximum Gasteiger partial charge on any atom is 0.272 e. The lowest BCUT2D eigenvalue weighted by molar-refractivity contribution is 0.0679. The van der Waals surface area contributed by atoms with E-state index in [0.717, 1.165) is 51.0 Å². The van der Waals surface area contributed by atoms with E-state index in [9.17, 15) is 4.79 Å². The van der Waals surface area contributed by atoms with Gasteiger partial charge in [0, 0.05) is 26.7 Å². The second kappa shape index (κ2) is 8.70. The van der Waals surface area contributed by atoms with Gasteiger partial charge in [0.25, 0.3) is 5.91 Å². The predicted molar refractivity (Wildman–Crippen MR) is 109 cm³/mol. The molecule has 0 bridgehead atoms. The van der Waals surface area contributed by atoms with E-state index >= 15 is 0 Å². The lowest BCUT2D eigenvalue weighted by Crippen LogP contribution is -2.39. The number of rotatable bonds is 6. The van der Waals surface area contributed by atoms with Crippen molar-refractivity contribution in [2.45, 2.75) is 32.6 Å². The fourth-order valence-electron chi connectivity index (χ4n) is 3.84. The van der Waals surface area contributed by atoms with Crippen LogP contribution in [0.3, 0.4) is 0 Å². The fraction of sp³-hybridized carbons (Fsp3) is 0.545. The standard InChI is InChI=1S/C22H32N4O/c1-17-15-21(25(4)23-17)22(27)26-13-10-20(11-14-26)16-19-7-5-18(6-8-19)9-12-24(2)3/h5-8,15,20H,9-14,16H2,1-4H3. The van der Waals surface area contributed by atoms with Gasteiger partial charge in [-0.05, 0) is 69.8 Å². The maximum absolute atomic E-state index is 12.7. The van der Waals surface area contributed by atoms with Crippen LogP contribution in [-0.2, 0) is 19.9 Å². The summed E-state index contributed by atoms with van der Waals surface area (Å²) in [5, 5.41) is 4.29. The largest absolute Gasteiger partial charge is 0.337 e. The predicted octanol–water partition coefficient (Wildman–Crippen LogP) is 2.93. The highest BCUT2D eigenvalue weighted by atomic mass is 16.2. The molecule has 0 saturated carbocycles. The normalized spacial score (nSPS) is 15.5. The van der Waals surface area contributed by atoms with Crippen molar-refractivity contribution in [3.63, 3.8) is 0 Å². The second-order valence-electron chi connectivity index (χ2n) is 8.10. The van der Waals surface area contributed by atoms with Gasteiger partial charge in [0.2, 0.25) is 0 Å². The van der Waals surface area contributed by atoms with Gasteiger partial charge in [-0.3, -0.25) is 9.48 Å². The van der Waals surface area contributed by atoms with Crippen LogP contribution in [0, 0.1) is 12.8 Å². The van der Waals surface area contributed by atoms with Crippen LogP contribution in [0.25, 0.3) is 0 Å². The van der Waals surface area contributed by atoms with Crippen LogP contribution in [0.15, 0.2) is 30.3 Å². The summed E-state index contributed by atoms with van der Waals surface area (Å²) in [6.07, 6.45) is 4.36. The zero-order valence-electron chi connectivity index (χ0n) is 17.1. The zero-order chi connectivity index (χ0) is 19.4. The fourth-order valence-corrected chi connectivity index (χ4v) is 3.84. The molecule has 0 aliphatic carbocycles. The maximum atomic E-state index is 12.7. The first kappa shape index (κ1) is 19.6. The van der Waals surface area contributed by atoms with Crippen molar-refractivity contribution in [1.82, 2.24) is 19.6 Å². The number of hydrogen-bond acceptors (Lipinski definition) is 3. The molecule has 0 unspecified atom stereocenters. The van der Waals surface area contributed by atoms with E-state index in [-0.39, 0.29) is 5.91 Å². The van der Waals surface area contributed by atoms with E-state index in [1.165, 1.54) is 11.1 Å². The van der Waals surface area contributed by atoms with Crippen LogP contribution < -0.4 is 0 Å². The number of hydrogen-bond donors (Lipinski definition) is 0. The average molecular weight is 369 g/mol. The molecule has 2 aromatic rings. The van der Waals surface area contributed by atoms with E-state index in [1.54, 1.807) is 4.68 Å². The monoisotopic (exact) mass is 368 g/mol. The van der Waals surface area contributed by atoms with Crippen LogP contribution in [-0.4, -0.2) is 59.2 Å². The molecule has 1 fully saturated rings. The highest BCUT2D eigenvalue weighted by molar-refractivity contribution is 5.92. The van der Waals surface area contributed by atoms with Crippen molar-refractivity contribution >= 4 is 5.91 Å². The molecular formula is C22H32N4O. The van der Waals surface area contributed by atoms with E-state index < -0.39 is 0 Å². The number of carbonyl (C=O) groups is 1. The molecule has 1 aliphatic rings. The van der Waals surface area contributed by atoms with E-state index in [2.05, 4.69) is 48.4 Å². The van der Waals surface area contributed by atoms with Crippen LogP contribution in [0.1, 0.15) is 40.2 Å². The van der Waals surface area contributed by atoms with Gasteiger partial charge in [-0.2, -0.15) is 5.10 Å². The van der Waals surface area contributed by atoms with Gasteiger partial charge in [-0.25, -0.2) is 0 Å². The summed E-state index contributed by atoms with van der Waals surface area (Å²) in [7, 11) is 6.07. The van der Waals surface area contributed by atoms with Gasteiger partial charge in [-0.1, -0.05) is 24.3 Å². The molecule has 0 spiro atoms. The highest BCUT2D eigenvalue weighted by Gasteiger charge is 2.25. The van der Waals surface area contributed by atoms with Crippen LogP contribution in [0.2, 0.25) is 0 Å². The first-order valence-corrected chi connectivity index (χ1v) is 9.95. The number of benzene rings is 1. The molecule has 2 heterocycles. The van der Waals surface area contributed by atoms with Gasteiger partial charge >= 0.3 is 0 Å². The first-order chi connectivity index (χ1) is 12.9. The van der Waals surface area contributed by atoms with Crippen LogP contribution in [0.4, 0.5) is 0 Å². The molecule has 146 valence electrons. The number of aryl methyl sites for hydroxylation is 2. The summed E-state index contributed by atoms with van der Waals surface area (Å²) in [5.74, 6) is 0.775. The quantitative estimate of drug-likeness (QED) is 0.787. The lowest BCUT2D eigenvalue weighted by atomic mass is 9.89. The Labute approximate surface area is 163 Å². The van der Waals surface area contributed by atoms with Gasteiger partial charge in [0.05, 0.1) is 5.69 Å². The summed E-state index contributed by atoms with van der Waals surface area (Å²) in [5.41, 5.74) is 4.40. The summed E-state index contributed by atoms with van der Waals surface area (Å²) in [6.45, 7) is 4.69. The van der Waals surface area contributed by atoms with Gasteiger partial charge in [-0.15, -0.1) is 0 Å². The third-order valence-corrected chi connectivity index (χ3v) is 5.52. The number of carbonyl (C=O) groups excluding carboxylic acids is 1. The Bertz CT molecular complexity index is 755. The highest BCUT2D eigenvalue weighted by Crippen LogP contribution is 2.23. The van der Waals surface area contributed by atoms with Crippen LogP contribution >= 0.6 is 0 Å². The topological polar surface area (TPSA) is 41.4 Å². The van der Waals surface area contributed by atoms with Gasteiger partial charge in [0.1, 0.15) is 5.69 Å². The number of nitrogens with zero attached hydrogens (tertiary/aromatic N) is 4. The molecule has 5 heteroatoms. The molecule has 0 radical (unpaired) electrons. The number of likely N-dealkylation sites (N-methyl/N-ethyl adjacent to an activating group) is 1. The number of piperidine rings is 1.